The zero-order valence-electron chi connectivity index (χ0n) is 9.15. The Bertz CT molecular complexity index is 440. The maximum Gasteiger partial charge on any atom is 0.429 e. The van der Waals surface area contributed by atoms with Crippen LogP contribution >= 0.6 is 0 Å². The Kier molecular flexibility index (Phi) is 3.18. The summed E-state index contributed by atoms with van der Waals surface area (Å²) in [6, 6.07) is 2.32. The largest absolute Gasteiger partial charge is 0.476 e. The van der Waals surface area contributed by atoms with E-state index in [0.717, 1.165) is 12.1 Å². The molecule has 1 saturated heterocycles. The fourth-order valence-electron chi connectivity index (χ4n) is 1.82. The summed E-state index contributed by atoms with van der Waals surface area (Å²) in [5, 5.41) is 2.55. The quantitative estimate of drug-likeness (QED) is 0.832. The first kappa shape index (κ1) is 13.1. The Balaban J connectivity index is 2.27. The van der Waals surface area contributed by atoms with Crippen molar-refractivity contribution in [3.8, 4) is 5.75 Å². The van der Waals surface area contributed by atoms with Crippen LogP contribution in [-0.2, 0) is 0 Å². The first-order valence-electron chi connectivity index (χ1n) is 5.26. The molecule has 1 fully saturated rings. The zero-order valence-corrected chi connectivity index (χ0v) is 9.15. The van der Waals surface area contributed by atoms with Gasteiger partial charge in [0.25, 0.3) is 0 Å². The van der Waals surface area contributed by atoms with E-state index in [9.17, 15) is 22.0 Å². The van der Waals surface area contributed by atoms with Crippen molar-refractivity contribution in [2.24, 2.45) is 0 Å². The first-order valence-corrected chi connectivity index (χ1v) is 5.26. The van der Waals surface area contributed by atoms with Crippen LogP contribution in [0, 0.1) is 11.6 Å². The van der Waals surface area contributed by atoms with Crippen LogP contribution in [0.25, 0.3) is 0 Å². The normalized spacial score (nSPS) is 24.3. The van der Waals surface area contributed by atoms with Crippen LogP contribution in [0.1, 0.15) is 6.42 Å². The third-order valence-corrected chi connectivity index (χ3v) is 2.84. The van der Waals surface area contributed by atoms with Crippen molar-refractivity contribution in [3.63, 3.8) is 0 Å². The summed E-state index contributed by atoms with van der Waals surface area (Å²) in [6.07, 6.45) is -4.85. The Hall–Kier alpha value is -1.37. The molecule has 100 valence electrons. The molecule has 1 N–H and O–H groups in total. The molecule has 7 heteroatoms. The molecule has 1 heterocycles. The van der Waals surface area contributed by atoms with Crippen molar-refractivity contribution >= 4 is 0 Å². The summed E-state index contributed by atoms with van der Waals surface area (Å²) >= 11 is 0. The molecule has 0 aromatic heterocycles. The molecule has 0 bridgehead atoms. The number of nitrogens with one attached hydrogen (secondary N) is 1. The predicted octanol–water partition coefficient (Wildman–Crippen LogP) is 2.64. The summed E-state index contributed by atoms with van der Waals surface area (Å²) in [5.74, 6) is -2.71. The van der Waals surface area contributed by atoms with Crippen molar-refractivity contribution in [2.75, 3.05) is 13.1 Å². The van der Waals surface area contributed by atoms with Gasteiger partial charge in [-0.15, -0.1) is 0 Å². The SMILES string of the molecule is Fc1ccc(OC2(C(F)(F)F)CCNC2)cc1F. The van der Waals surface area contributed by atoms with Gasteiger partial charge in [-0.05, 0) is 18.7 Å². The lowest BCUT2D eigenvalue weighted by atomic mass is 10.0. The predicted molar refractivity (Wildman–Crippen MR) is 53.3 cm³/mol. The maximum absolute atomic E-state index is 12.9. The van der Waals surface area contributed by atoms with E-state index < -0.39 is 30.0 Å². The molecule has 0 saturated carbocycles. The number of benzene rings is 1. The van der Waals surface area contributed by atoms with E-state index in [0.29, 0.717) is 6.07 Å². The second-order valence-electron chi connectivity index (χ2n) is 4.10. The van der Waals surface area contributed by atoms with Crippen molar-refractivity contribution in [1.29, 1.82) is 0 Å². The van der Waals surface area contributed by atoms with Crippen molar-refractivity contribution < 1.29 is 26.7 Å². The highest BCUT2D eigenvalue weighted by Crippen LogP contribution is 2.39. The van der Waals surface area contributed by atoms with Crippen molar-refractivity contribution in [1.82, 2.24) is 5.32 Å². The average Bonchev–Trinajstić information content (AvgIpc) is 2.73. The first-order chi connectivity index (χ1) is 8.34. The number of rotatable bonds is 2. The van der Waals surface area contributed by atoms with Crippen molar-refractivity contribution in [3.05, 3.63) is 29.8 Å². The van der Waals surface area contributed by atoms with Crippen LogP contribution < -0.4 is 10.1 Å². The lowest BCUT2D eigenvalue weighted by molar-refractivity contribution is -0.240. The van der Waals surface area contributed by atoms with Gasteiger partial charge in [0.2, 0.25) is 5.60 Å². The molecule has 1 aliphatic heterocycles. The van der Waals surface area contributed by atoms with Gasteiger partial charge in [-0.3, -0.25) is 0 Å². The maximum atomic E-state index is 12.9. The molecular formula is C11H10F5NO. The minimum absolute atomic E-state index is 0.156. The van der Waals surface area contributed by atoms with E-state index in [1.165, 1.54) is 0 Å². The smallest absolute Gasteiger partial charge is 0.429 e. The minimum Gasteiger partial charge on any atom is -0.476 e. The van der Waals surface area contributed by atoms with Crippen LogP contribution in [0.2, 0.25) is 0 Å². The number of alkyl halides is 3. The van der Waals surface area contributed by atoms with Crippen LogP contribution in [0.3, 0.4) is 0 Å². The van der Waals surface area contributed by atoms with E-state index in [4.69, 9.17) is 4.74 Å². The van der Waals surface area contributed by atoms with Crippen molar-refractivity contribution in [2.45, 2.75) is 18.2 Å². The highest BCUT2D eigenvalue weighted by molar-refractivity contribution is 5.25. The Morgan fingerprint density at radius 3 is 2.39 bits per heavy atom. The van der Waals surface area contributed by atoms with E-state index in [1.54, 1.807) is 0 Å². The lowest BCUT2D eigenvalue weighted by Crippen LogP contribution is -2.52. The van der Waals surface area contributed by atoms with Crippen LogP contribution in [-0.4, -0.2) is 24.9 Å². The molecule has 2 nitrogen and oxygen atoms in total. The van der Waals surface area contributed by atoms with Crippen LogP contribution in [0.5, 0.6) is 5.75 Å². The molecule has 1 atom stereocenters. The summed E-state index contributed by atoms with van der Waals surface area (Å²) in [4.78, 5) is 0. The standard InChI is InChI=1S/C11H10F5NO/c12-8-2-1-7(5-9(8)13)18-10(11(14,15)16)3-4-17-6-10/h1-2,5,17H,3-4,6H2. The summed E-state index contributed by atoms with van der Waals surface area (Å²) in [5.41, 5.74) is -2.38. The monoisotopic (exact) mass is 267 g/mol. The highest BCUT2D eigenvalue weighted by Gasteiger charge is 2.58. The number of ether oxygens (including phenoxy) is 1. The van der Waals surface area contributed by atoms with E-state index in [1.807, 2.05) is 0 Å². The molecule has 2 rings (SSSR count). The Labute approximate surface area is 99.7 Å². The molecule has 0 amide bonds. The molecule has 0 spiro atoms. The minimum atomic E-state index is -4.58. The van der Waals surface area contributed by atoms with Gasteiger partial charge in [0.05, 0.1) is 0 Å². The third kappa shape index (κ3) is 2.27. The molecule has 18 heavy (non-hydrogen) atoms. The second kappa shape index (κ2) is 4.38. The van der Waals surface area contributed by atoms with Gasteiger partial charge in [0.15, 0.2) is 11.6 Å². The average molecular weight is 267 g/mol. The number of halogens is 5. The van der Waals surface area contributed by atoms with Crippen LogP contribution in [0.15, 0.2) is 18.2 Å². The van der Waals surface area contributed by atoms with Gasteiger partial charge in [-0.25, -0.2) is 8.78 Å². The molecule has 1 unspecified atom stereocenters. The van der Waals surface area contributed by atoms with Gasteiger partial charge >= 0.3 is 6.18 Å². The topological polar surface area (TPSA) is 21.3 Å². The molecule has 0 radical (unpaired) electrons. The lowest BCUT2D eigenvalue weighted by Gasteiger charge is -2.31. The van der Waals surface area contributed by atoms with Gasteiger partial charge in [0.1, 0.15) is 5.75 Å². The van der Waals surface area contributed by atoms with Gasteiger partial charge in [-0.1, -0.05) is 0 Å². The number of hydrogen-bond donors (Lipinski definition) is 1. The van der Waals surface area contributed by atoms with Gasteiger partial charge in [-0.2, -0.15) is 13.2 Å². The molecule has 1 aliphatic rings. The Morgan fingerprint density at radius 1 is 1.17 bits per heavy atom. The molecule has 0 aliphatic carbocycles. The summed E-state index contributed by atoms with van der Waals surface area (Å²) in [7, 11) is 0. The zero-order chi connectivity index (χ0) is 13.4. The van der Waals surface area contributed by atoms with Gasteiger partial charge in [0, 0.05) is 19.0 Å². The molecule has 1 aromatic rings. The molecule has 1 aromatic carbocycles. The fourth-order valence-corrected chi connectivity index (χ4v) is 1.82. The highest BCUT2D eigenvalue weighted by atomic mass is 19.4. The van der Waals surface area contributed by atoms with E-state index in [2.05, 4.69) is 5.32 Å². The molecular weight excluding hydrogens is 257 g/mol. The van der Waals surface area contributed by atoms with E-state index >= 15 is 0 Å². The fraction of sp³-hybridized carbons (Fsp3) is 0.455. The second-order valence-corrected chi connectivity index (χ2v) is 4.10. The number of hydrogen-bond acceptors (Lipinski definition) is 2. The summed E-state index contributed by atoms with van der Waals surface area (Å²) in [6.45, 7) is -0.251. The van der Waals surface area contributed by atoms with Crippen LogP contribution in [0.4, 0.5) is 22.0 Å². The van der Waals surface area contributed by atoms with Gasteiger partial charge < -0.3 is 10.1 Å². The third-order valence-electron chi connectivity index (χ3n) is 2.84. The summed E-state index contributed by atoms with van der Waals surface area (Å²) < 4.78 is 69.3. The Morgan fingerprint density at radius 2 is 1.89 bits per heavy atom. The van der Waals surface area contributed by atoms with E-state index in [-0.39, 0.29) is 18.7 Å².